The lowest BCUT2D eigenvalue weighted by Crippen LogP contribution is -2.49. The topological polar surface area (TPSA) is 49.8 Å². The Morgan fingerprint density at radius 3 is 2.50 bits per heavy atom. The third-order valence-corrected chi connectivity index (χ3v) is 4.34. The Balaban J connectivity index is 2.04. The van der Waals surface area contributed by atoms with Gasteiger partial charge >= 0.3 is 5.97 Å². The average molecular weight is 283 g/mol. The van der Waals surface area contributed by atoms with Crippen molar-refractivity contribution < 1.29 is 14.6 Å². The van der Waals surface area contributed by atoms with Crippen molar-refractivity contribution in [2.24, 2.45) is 0 Å². The summed E-state index contributed by atoms with van der Waals surface area (Å²) in [7, 11) is 0. The van der Waals surface area contributed by atoms with Crippen LogP contribution in [0, 0.1) is 0 Å². The third-order valence-electron chi connectivity index (χ3n) is 4.34. The molecule has 0 aromatic rings. The van der Waals surface area contributed by atoms with Gasteiger partial charge in [-0.05, 0) is 53.0 Å². The first-order valence-electron chi connectivity index (χ1n) is 8.05. The fourth-order valence-electron chi connectivity index (χ4n) is 3.46. The molecule has 2 rings (SSSR count). The van der Waals surface area contributed by atoms with Gasteiger partial charge in [0.05, 0.1) is 6.10 Å². The molecule has 0 radical (unpaired) electrons. The summed E-state index contributed by atoms with van der Waals surface area (Å²) in [6.07, 6.45) is 6.90. The van der Waals surface area contributed by atoms with E-state index < -0.39 is 5.60 Å². The molecule has 0 spiro atoms. The Bertz CT molecular complexity index is 337. The second kappa shape index (κ2) is 6.44. The van der Waals surface area contributed by atoms with Crippen LogP contribution in [0.4, 0.5) is 0 Å². The van der Waals surface area contributed by atoms with Crippen LogP contribution in [0.15, 0.2) is 0 Å². The molecular weight excluding hydrogens is 254 g/mol. The van der Waals surface area contributed by atoms with Crippen LogP contribution in [0.2, 0.25) is 0 Å². The quantitative estimate of drug-likeness (QED) is 0.625. The molecule has 0 bridgehead atoms. The molecule has 1 saturated heterocycles. The SMILES string of the molecule is CC(C)(C)OC(=O)[C@H]1CCCN1C1CCCCCC1O. The van der Waals surface area contributed by atoms with E-state index in [-0.39, 0.29) is 24.2 Å². The highest BCUT2D eigenvalue weighted by atomic mass is 16.6. The van der Waals surface area contributed by atoms with Gasteiger partial charge < -0.3 is 9.84 Å². The zero-order valence-corrected chi connectivity index (χ0v) is 13.1. The molecular formula is C16H29NO3. The number of likely N-dealkylation sites (tertiary alicyclic amines) is 1. The second-order valence-corrected chi connectivity index (χ2v) is 7.20. The fraction of sp³-hybridized carbons (Fsp3) is 0.938. The van der Waals surface area contributed by atoms with Crippen LogP contribution in [-0.4, -0.2) is 46.3 Å². The highest BCUT2D eigenvalue weighted by Gasteiger charge is 2.40. The molecule has 1 N–H and O–H groups in total. The molecule has 2 aliphatic rings. The maximum atomic E-state index is 12.4. The van der Waals surface area contributed by atoms with Crippen molar-refractivity contribution in [2.45, 2.75) is 89.5 Å². The van der Waals surface area contributed by atoms with Crippen molar-refractivity contribution in [3.05, 3.63) is 0 Å². The first-order chi connectivity index (χ1) is 9.38. The normalized spacial score (nSPS) is 32.9. The summed E-state index contributed by atoms with van der Waals surface area (Å²) in [5.74, 6) is -0.119. The highest BCUT2D eigenvalue weighted by molar-refractivity contribution is 5.76. The van der Waals surface area contributed by atoms with Crippen LogP contribution in [-0.2, 0) is 9.53 Å². The summed E-state index contributed by atoms with van der Waals surface area (Å²) in [5.41, 5.74) is -0.437. The second-order valence-electron chi connectivity index (χ2n) is 7.20. The summed E-state index contributed by atoms with van der Waals surface area (Å²) < 4.78 is 5.55. The van der Waals surface area contributed by atoms with E-state index in [2.05, 4.69) is 4.90 Å². The van der Waals surface area contributed by atoms with Crippen molar-refractivity contribution in [1.82, 2.24) is 4.90 Å². The number of nitrogens with zero attached hydrogens (tertiary/aromatic N) is 1. The average Bonchev–Trinajstić information content (AvgIpc) is 2.71. The molecule has 2 unspecified atom stereocenters. The molecule has 3 atom stereocenters. The van der Waals surface area contributed by atoms with E-state index in [1.165, 1.54) is 6.42 Å². The number of hydrogen-bond donors (Lipinski definition) is 1. The van der Waals surface area contributed by atoms with E-state index in [9.17, 15) is 9.90 Å². The Morgan fingerprint density at radius 1 is 1.10 bits per heavy atom. The van der Waals surface area contributed by atoms with E-state index in [0.717, 1.165) is 45.1 Å². The minimum absolute atomic E-state index is 0.119. The number of esters is 1. The zero-order chi connectivity index (χ0) is 14.8. The minimum atomic E-state index is -0.437. The lowest BCUT2D eigenvalue weighted by Gasteiger charge is -2.35. The van der Waals surface area contributed by atoms with Gasteiger partial charge in [-0.2, -0.15) is 0 Å². The van der Waals surface area contributed by atoms with Crippen molar-refractivity contribution in [2.75, 3.05) is 6.54 Å². The number of carbonyl (C=O) groups excluding carboxylic acids is 1. The smallest absolute Gasteiger partial charge is 0.323 e. The Labute approximate surface area is 122 Å². The van der Waals surface area contributed by atoms with Crippen LogP contribution < -0.4 is 0 Å². The number of rotatable bonds is 2. The van der Waals surface area contributed by atoms with Gasteiger partial charge in [0.2, 0.25) is 0 Å². The third kappa shape index (κ3) is 3.95. The number of carbonyl (C=O) groups is 1. The number of aliphatic hydroxyl groups is 1. The summed E-state index contributed by atoms with van der Waals surface area (Å²) in [5, 5.41) is 10.3. The van der Waals surface area contributed by atoms with Crippen molar-refractivity contribution in [3.63, 3.8) is 0 Å². The van der Waals surface area contributed by atoms with E-state index in [1.54, 1.807) is 0 Å². The number of hydrogen-bond acceptors (Lipinski definition) is 4. The summed E-state index contributed by atoms with van der Waals surface area (Å²) in [6, 6.07) is -0.0236. The summed E-state index contributed by atoms with van der Waals surface area (Å²) >= 11 is 0. The first-order valence-corrected chi connectivity index (χ1v) is 8.05. The molecule has 1 aliphatic carbocycles. The predicted molar refractivity (Wildman–Crippen MR) is 78.5 cm³/mol. The van der Waals surface area contributed by atoms with E-state index >= 15 is 0 Å². The van der Waals surface area contributed by atoms with Gasteiger partial charge in [0.15, 0.2) is 0 Å². The van der Waals surface area contributed by atoms with E-state index in [1.807, 2.05) is 20.8 Å². The number of ether oxygens (including phenoxy) is 1. The van der Waals surface area contributed by atoms with Gasteiger partial charge in [-0.15, -0.1) is 0 Å². The molecule has 2 fully saturated rings. The molecule has 4 heteroatoms. The van der Waals surface area contributed by atoms with Crippen molar-refractivity contribution in [3.8, 4) is 0 Å². The molecule has 20 heavy (non-hydrogen) atoms. The summed E-state index contributed by atoms with van der Waals surface area (Å²) in [6.45, 7) is 6.63. The minimum Gasteiger partial charge on any atom is -0.459 e. The maximum absolute atomic E-state index is 12.4. The Morgan fingerprint density at radius 2 is 1.80 bits per heavy atom. The van der Waals surface area contributed by atoms with E-state index in [4.69, 9.17) is 4.74 Å². The largest absolute Gasteiger partial charge is 0.459 e. The predicted octanol–water partition coefficient (Wildman–Crippen LogP) is 2.49. The van der Waals surface area contributed by atoms with Crippen molar-refractivity contribution in [1.29, 1.82) is 0 Å². The van der Waals surface area contributed by atoms with Crippen LogP contribution in [0.1, 0.15) is 65.7 Å². The van der Waals surface area contributed by atoms with Gasteiger partial charge in [-0.3, -0.25) is 9.69 Å². The first kappa shape index (κ1) is 15.8. The molecule has 0 amide bonds. The highest BCUT2D eigenvalue weighted by Crippen LogP contribution is 2.30. The molecule has 0 aromatic carbocycles. The van der Waals surface area contributed by atoms with Gasteiger partial charge in [0, 0.05) is 6.04 Å². The zero-order valence-electron chi connectivity index (χ0n) is 13.1. The van der Waals surface area contributed by atoms with Crippen LogP contribution in [0.5, 0.6) is 0 Å². The molecule has 1 saturated carbocycles. The molecule has 4 nitrogen and oxygen atoms in total. The van der Waals surface area contributed by atoms with Gasteiger partial charge in [-0.1, -0.05) is 19.3 Å². The molecule has 0 aromatic heterocycles. The van der Waals surface area contributed by atoms with Crippen molar-refractivity contribution >= 4 is 5.97 Å². The maximum Gasteiger partial charge on any atom is 0.323 e. The number of aliphatic hydroxyl groups excluding tert-OH is 1. The lowest BCUT2D eigenvalue weighted by molar-refractivity contribution is -0.162. The van der Waals surface area contributed by atoms with Crippen LogP contribution >= 0.6 is 0 Å². The molecule has 1 heterocycles. The Kier molecular flexibility index (Phi) is 5.08. The van der Waals surface area contributed by atoms with Gasteiger partial charge in [0.25, 0.3) is 0 Å². The molecule has 116 valence electrons. The van der Waals surface area contributed by atoms with Crippen LogP contribution in [0.25, 0.3) is 0 Å². The van der Waals surface area contributed by atoms with E-state index in [0.29, 0.717) is 0 Å². The fourth-order valence-corrected chi connectivity index (χ4v) is 3.46. The summed E-state index contributed by atoms with van der Waals surface area (Å²) in [4.78, 5) is 14.6. The van der Waals surface area contributed by atoms with Gasteiger partial charge in [0.1, 0.15) is 11.6 Å². The Hall–Kier alpha value is -0.610. The molecule has 1 aliphatic heterocycles. The van der Waals surface area contributed by atoms with Gasteiger partial charge in [-0.25, -0.2) is 0 Å². The standard InChI is InChI=1S/C16H29NO3/c1-16(2,3)20-15(19)13-9-7-11-17(13)12-8-5-4-6-10-14(12)18/h12-14,18H,4-11H2,1-3H3/t12?,13-,14?/m1/s1. The lowest BCUT2D eigenvalue weighted by atomic mass is 10.0. The monoisotopic (exact) mass is 283 g/mol. The van der Waals surface area contributed by atoms with Crippen LogP contribution in [0.3, 0.4) is 0 Å².